The van der Waals surface area contributed by atoms with Crippen LogP contribution in [0.2, 0.25) is 0 Å². The van der Waals surface area contributed by atoms with Crippen molar-refractivity contribution in [3.8, 4) is 6.07 Å². The molecule has 0 aliphatic heterocycles. The number of nitrogens with zero attached hydrogens (tertiary/aromatic N) is 3. The molecule has 1 heterocycles. The van der Waals surface area contributed by atoms with Crippen LogP contribution in [0.1, 0.15) is 23.6 Å². The number of fused-ring (bicyclic) bond motifs is 1. The van der Waals surface area contributed by atoms with Crippen LogP contribution in [0.3, 0.4) is 0 Å². The molecule has 1 aromatic heterocycles. The summed E-state index contributed by atoms with van der Waals surface area (Å²) in [6.45, 7) is 7.10. The molecule has 1 aromatic carbocycles. The van der Waals surface area contributed by atoms with Gasteiger partial charge in [-0.15, -0.1) is 0 Å². The van der Waals surface area contributed by atoms with Crippen LogP contribution < -0.4 is 0 Å². The van der Waals surface area contributed by atoms with Crippen LogP contribution in [0.5, 0.6) is 0 Å². The Morgan fingerprint density at radius 2 is 2.21 bits per heavy atom. The first kappa shape index (κ1) is 17.1. The molecule has 24 heavy (non-hydrogen) atoms. The lowest BCUT2D eigenvalue weighted by atomic mass is 10.0. The topological polar surface area (TPSA) is 86.3 Å². The zero-order valence-electron chi connectivity index (χ0n) is 13.6. The van der Waals surface area contributed by atoms with E-state index in [1.54, 1.807) is 19.2 Å². The average Bonchev–Trinajstić information content (AvgIpc) is 2.56. The zero-order valence-corrected chi connectivity index (χ0v) is 13.6. The average molecular weight is 319 g/mol. The van der Waals surface area contributed by atoms with Crippen LogP contribution in [-0.4, -0.2) is 22.8 Å². The molecule has 0 amide bonds. The molecular formula is C19H17N3O2. The molecule has 5 nitrogen and oxygen atoms in total. The van der Waals surface area contributed by atoms with Crippen LogP contribution >= 0.6 is 0 Å². The zero-order chi connectivity index (χ0) is 17.7. The number of aliphatic imine (C=N–C) groups is 1. The number of nitriles is 1. The predicted molar refractivity (Wildman–Crippen MR) is 93.9 cm³/mol. The van der Waals surface area contributed by atoms with Crippen molar-refractivity contribution in [3.05, 3.63) is 64.5 Å². The monoisotopic (exact) mass is 319 g/mol. The summed E-state index contributed by atoms with van der Waals surface area (Å²) in [6.07, 6.45) is 5.10. The van der Waals surface area contributed by atoms with Crippen molar-refractivity contribution < 1.29 is 9.90 Å². The van der Waals surface area contributed by atoms with Crippen molar-refractivity contribution in [2.45, 2.75) is 20.3 Å². The Balaban J connectivity index is 2.49. The quantitative estimate of drug-likeness (QED) is 0.518. The standard InChI is InChI=1S/C19H17N3O2/c1-4-14(19(23)24)9-17(21-3)8-13-6-15-5-12(2)11-22-18(15)16(7-13)10-20/h4-7,9,11H,3,8H2,1-2H3,(H,23,24)/b14-4+,17-9-. The van der Waals surface area contributed by atoms with E-state index in [4.69, 9.17) is 5.11 Å². The van der Waals surface area contributed by atoms with E-state index in [0.717, 1.165) is 16.5 Å². The smallest absolute Gasteiger partial charge is 0.335 e. The van der Waals surface area contributed by atoms with Crippen LogP contribution in [0.15, 0.2) is 52.8 Å². The molecule has 0 saturated carbocycles. The van der Waals surface area contributed by atoms with E-state index in [9.17, 15) is 10.1 Å². The van der Waals surface area contributed by atoms with E-state index in [-0.39, 0.29) is 5.57 Å². The molecule has 0 unspecified atom stereocenters. The molecule has 0 atom stereocenters. The lowest BCUT2D eigenvalue weighted by molar-refractivity contribution is -0.132. The summed E-state index contributed by atoms with van der Waals surface area (Å²) in [6, 6.07) is 7.81. The fourth-order valence-corrected chi connectivity index (χ4v) is 2.42. The fourth-order valence-electron chi connectivity index (χ4n) is 2.42. The predicted octanol–water partition coefficient (Wildman–Crippen LogP) is 3.57. The fraction of sp³-hybridized carbons (Fsp3) is 0.158. The van der Waals surface area contributed by atoms with Crippen molar-refractivity contribution in [2.75, 3.05) is 0 Å². The molecule has 2 aromatic rings. The van der Waals surface area contributed by atoms with E-state index in [0.29, 0.717) is 23.2 Å². The van der Waals surface area contributed by atoms with Crippen LogP contribution in [-0.2, 0) is 11.2 Å². The Hall–Kier alpha value is -3.26. The molecule has 0 spiro atoms. The number of aliphatic carboxylic acids is 1. The van der Waals surface area contributed by atoms with Gasteiger partial charge in [-0.1, -0.05) is 6.08 Å². The van der Waals surface area contributed by atoms with Crippen LogP contribution in [0, 0.1) is 18.3 Å². The number of aromatic nitrogens is 1. The Bertz CT molecular complexity index is 918. The molecule has 2 rings (SSSR count). The number of rotatable bonds is 5. The van der Waals surface area contributed by atoms with Gasteiger partial charge in [0, 0.05) is 23.7 Å². The number of benzene rings is 1. The highest BCUT2D eigenvalue weighted by Gasteiger charge is 2.09. The largest absolute Gasteiger partial charge is 0.478 e. The summed E-state index contributed by atoms with van der Waals surface area (Å²) >= 11 is 0. The molecule has 5 heteroatoms. The van der Waals surface area contributed by atoms with Gasteiger partial charge in [0.15, 0.2) is 0 Å². The molecule has 0 fully saturated rings. The van der Waals surface area contributed by atoms with Gasteiger partial charge in [0.2, 0.25) is 0 Å². The van der Waals surface area contributed by atoms with Crippen molar-refractivity contribution in [3.63, 3.8) is 0 Å². The van der Waals surface area contributed by atoms with Crippen molar-refractivity contribution in [1.29, 1.82) is 5.26 Å². The van der Waals surface area contributed by atoms with Gasteiger partial charge in [-0.2, -0.15) is 5.26 Å². The second-order valence-electron chi connectivity index (χ2n) is 5.36. The number of allylic oxidation sites excluding steroid dienone is 2. The molecule has 0 radical (unpaired) electrons. The number of carbonyl (C=O) groups is 1. The number of carboxylic acids is 1. The molecule has 1 N–H and O–H groups in total. The number of hydrogen-bond donors (Lipinski definition) is 1. The minimum atomic E-state index is -1.02. The summed E-state index contributed by atoms with van der Waals surface area (Å²) in [4.78, 5) is 19.4. The van der Waals surface area contributed by atoms with Crippen LogP contribution in [0.25, 0.3) is 10.9 Å². The summed E-state index contributed by atoms with van der Waals surface area (Å²) < 4.78 is 0. The van der Waals surface area contributed by atoms with Crippen LogP contribution in [0.4, 0.5) is 0 Å². The second kappa shape index (κ2) is 7.34. The van der Waals surface area contributed by atoms with Gasteiger partial charge in [-0.05, 0) is 56.0 Å². The minimum Gasteiger partial charge on any atom is -0.478 e. The molecular weight excluding hydrogens is 302 g/mol. The first-order valence-corrected chi connectivity index (χ1v) is 7.34. The molecule has 120 valence electrons. The number of hydrogen-bond acceptors (Lipinski definition) is 4. The highest BCUT2D eigenvalue weighted by Crippen LogP contribution is 2.22. The Labute approximate surface area is 140 Å². The molecule has 0 aliphatic carbocycles. The van der Waals surface area contributed by atoms with Gasteiger partial charge < -0.3 is 5.11 Å². The van der Waals surface area contributed by atoms with E-state index < -0.39 is 5.97 Å². The van der Waals surface area contributed by atoms with Crippen molar-refractivity contribution >= 4 is 23.6 Å². The maximum atomic E-state index is 11.1. The maximum Gasteiger partial charge on any atom is 0.335 e. The highest BCUT2D eigenvalue weighted by molar-refractivity contribution is 5.90. The van der Waals surface area contributed by atoms with Gasteiger partial charge in [0.25, 0.3) is 0 Å². The van der Waals surface area contributed by atoms with Gasteiger partial charge in [0.05, 0.1) is 16.7 Å². The first-order chi connectivity index (χ1) is 11.5. The normalized spacial score (nSPS) is 12.0. The van der Waals surface area contributed by atoms with Gasteiger partial charge >= 0.3 is 5.97 Å². The number of pyridine rings is 1. The summed E-state index contributed by atoms with van der Waals surface area (Å²) in [5, 5.41) is 19.3. The van der Waals surface area contributed by atoms with Gasteiger partial charge in [-0.3, -0.25) is 9.98 Å². The second-order valence-corrected chi connectivity index (χ2v) is 5.36. The Morgan fingerprint density at radius 1 is 1.46 bits per heavy atom. The SMILES string of the molecule is C=N/C(=C\C(=C/C)C(=O)O)Cc1cc(C#N)c2ncc(C)cc2c1. The summed E-state index contributed by atoms with van der Waals surface area (Å²) in [7, 11) is 0. The summed E-state index contributed by atoms with van der Waals surface area (Å²) in [5.74, 6) is -1.02. The van der Waals surface area contributed by atoms with Gasteiger partial charge in [-0.25, -0.2) is 4.79 Å². The molecule has 0 bridgehead atoms. The van der Waals surface area contributed by atoms with E-state index >= 15 is 0 Å². The van der Waals surface area contributed by atoms with E-state index in [2.05, 4.69) is 22.8 Å². The lowest BCUT2D eigenvalue weighted by Gasteiger charge is -2.07. The number of aryl methyl sites for hydroxylation is 1. The third kappa shape index (κ3) is 3.73. The van der Waals surface area contributed by atoms with Crippen molar-refractivity contribution in [2.24, 2.45) is 4.99 Å². The highest BCUT2D eigenvalue weighted by atomic mass is 16.4. The lowest BCUT2D eigenvalue weighted by Crippen LogP contribution is -1.99. The van der Waals surface area contributed by atoms with Crippen molar-refractivity contribution in [1.82, 2.24) is 4.98 Å². The first-order valence-electron chi connectivity index (χ1n) is 7.34. The third-order valence-corrected chi connectivity index (χ3v) is 3.57. The minimum absolute atomic E-state index is 0.149. The third-order valence-electron chi connectivity index (χ3n) is 3.57. The molecule has 0 aliphatic rings. The molecule has 0 saturated heterocycles. The Morgan fingerprint density at radius 3 is 2.79 bits per heavy atom. The van der Waals surface area contributed by atoms with Gasteiger partial charge in [0.1, 0.15) is 6.07 Å². The number of carboxylic acid groups (broad SMARTS) is 1. The van der Waals surface area contributed by atoms with E-state index in [1.165, 1.54) is 12.2 Å². The summed E-state index contributed by atoms with van der Waals surface area (Å²) in [5.41, 5.74) is 3.67. The Kier molecular flexibility index (Phi) is 5.23. The maximum absolute atomic E-state index is 11.1. The van der Waals surface area contributed by atoms with E-state index in [1.807, 2.05) is 19.1 Å².